The third-order valence-electron chi connectivity index (χ3n) is 2.40. The Kier molecular flexibility index (Phi) is 3.60. The molecule has 0 fully saturated rings. The zero-order valence-electron chi connectivity index (χ0n) is 10.3. The number of thiazole rings is 1. The number of hydrogen-bond donors (Lipinski definition) is 2. The first-order valence-electron chi connectivity index (χ1n) is 5.89. The van der Waals surface area contributed by atoms with Crippen LogP contribution in [0.5, 0.6) is 0 Å². The third kappa shape index (κ3) is 2.69. The number of hydrogen-bond acceptors (Lipinski definition) is 7. The molecule has 0 aromatic carbocycles. The smallest absolute Gasteiger partial charge is 0.225 e. The van der Waals surface area contributed by atoms with Gasteiger partial charge in [0.25, 0.3) is 0 Å². The van der Waals surface area contributed by atoms with Crippen LogP contribution in [0.15, 0.2) is 27.1 Å². The molecule has 8 heteroatoms. The molecule has 3 rings (SSSR count). The summed E-state index contributed by atoms with van der Waals surface area (Å²) in [5.41, 5.74) is 0.743. The lowest BCUT2D eigenvalue weighted by Gasteiger charge is -2.05. The van der Waals surface area contributed by atoms with Crippen LogP contribution in [0.2, 0.25) is 0 Å². The fourth-order valence-electron chi connectivity index (χ4n) is 1.55. The molecule has 3 aromatic rings. The number of nitrogens with zero attached hydrogens (tertiary/aromatic N) is 4. The first-order chi connectivity index (χ1) is 9.36. The van der Waals surface area contributed by atoms with Crippen LogP contribution in [0.1, 0.15) is 13.3 Å². The molecule has 0 bridgehead atoms. The van der Waals surface area contributed by atoms with E-state index in [1.165, 1.54) is 11.8 Å². The highest BCUT2D eigenvalue weighted by Crippen LogP contribution is 2.32. The summed E-state index contributed by atoms with van der Waals surface area (Å²) < 4.78 is 0.961. The zero-order valence-corrected chi connectivity index (χ0v) is 11.9. The second-order valence-electron chi connectivity index (χ2n) is 3.81. The summed E-state index contributed by atoms with van der Waals surface area (Å²) in [6.07, 6.45) is 4.56. The molecule has 0 aliphatic rings. The van der Waals surface area contributed by atoms with E-state index in [9.17, 15) is 0 Å². The molecule has 3 heterocycles. The van der Waals surface area contributed by atoms with Gasteiger partial charge in [0.15, 0.2) is 9.99 Å². The van der Waals surface area contributed by atoms with Crippen molar-refractivity contribution in [3.8, 4) is 0 Å². The fraction of sp³-hybridized carbons (Fsp3) is 0.273. The molecule has 0 aliphatic carbocycles. The SMILES string of the molecule is CCCNc1nc(Sc2nccs2)c2cn[nH]c2n1. The van der Waals surface area contributed by atoms with Crippen molar-refractivity contribution in [1.29, 1.82) is 0 Å². The maximum Gasteiger partial charge on any atom is 0.225 e. The Morgan fingerprint density at radius 2 is 2.37 bits per heavy atom. The van der Waals surface area contributed by atoms with Gasteiger partial charge in [-0.15, -0.1) is 11.3 Å². The molecule has 6 nitrogen and oxygen atoms in total. The predicted molar refractivity (Wildman–Crippen MR) is 76.7 cm³/mol. The van der Waals surface area contributed by atoms with E-state index in [4.69, 9.17) is 0 Å². The maximum absolute atomic E-state index is 4.53. The van der Waals surface area contributed by atoms with Gasteiger partial charge in [0, 0.05) is 18.1 Å². The van der Waals surface area contributed by atoms with Crippen molar-refractivity contribution < 1.29 is 0 Å². The molecular formula is C11H12N6S2. The zero-order chi connectivity index (χ0) is 13.1. The number of anilines is 1. The molecular weight excluding hydrogens is 280 g/mol. The lowest BCUT2D eigenvalue weighted by Crippen LogP contribution is -2.05. The highest BCUT2D eigenvalue weighted by atomic mass is 32.2. The summed E-state index contributed by atoms with van der Waals surface area (Å²) in [5.74, 6) is 0.623. The summed E-state index contributed by atoms with van der Waals surface area (Å²) in [5, 5.41) is 13.8. The quantitative estimate of drug-likeness (QED) is 0.704. The van der Waals surface area contributed by atoms with E-state index in [1.54, 1.807) is 23.7 Å². The van der Waals surface area contributed by atoms with Gasteiger partial charge in [-0.25, -0.2) is 9.97 Å². The van der Waals surface area contributed by atoms with Crippen LogP contribution in [0, 0.1) is 0 Å². The van der Waals surface area contributed by atoms with Crippen LogP contribution >= 0.6 is 23.1 Å². The van der Waals surface area contributed by atoms with Crippen LogP contribution in [0.25, 0.3) is 11.0 Å². The van der Waals surface area contributed by atoms with Gasteiger partial charge in [0.05, 0.1) is 11.6 Å². The van der Waals surface area contributed by atoms with E-state index in [0.717, 1.165) is 33.4 Å². The second kappa shape index (κ2) is 5.54. The van der Waals surface area contributed by atoms with Crippen molar-refractivity contribution >= 4 is 40.1 Å². The average molecular weight is 292 g/mol. The second-order valence-corrected chi connectivity index (χ2v) is 5.94. The number of nitrogens with one attached hydrogen (secondary N) is 2. The molecule has 0 unspecified atom stereocenters. The Morgan fingerprint density at radius 3 is 3.16 bits per heavy atom. The molecule has 0 saturated carbocycles. The van der Waals surface area contributed by atoms with Crippen molar-refractivity contribution in [3.63, 3.8) is 0 Å². The number of aromatic nitrogens is 5. The van der Waals surface area contributed by atoms with Gasteiger partial charge < -0.3 is 5.32 Å². The van der Waals surface area contributed by atoms with Gasteiger partial charge in [-0.05, 0) is 18.2 Å². The normalized spacial score (nSPS) is 11.0. The van der Waals surface area contributed by atoms with Crippen molar-refractivity contribution in [1.82, 2.24) is 25.1 Å². The highest BCUT2D eigenvalue weighted by molar-refractivity contribution is 8.01. The van der Waals surface area contributed by atoms with E-state index in [0.29, 0.717) is 5.95 Å². The number of rotatable bonds is 5. The molecule has 3 aromatic heterocycles. The lowest BCUT2D eigenvalue weighted by atomic mass is 10.4. The lowest BCUT2D eigenvalue weighted by molar-refractivity contribution is 0.943. The average Bonchev–Trinajstić information content (AvgIpc) is 3.06. The fourth-order valence-corrected chi connectivity index (χ4v) is 3.17. The Labute approximate surface area is 118 Å². The summed E-state index contributed by atoms with van der Waals surface area (Å²) in [6, 6.07) is 0. The Balaban J connectivity index is 1.97. The van der Waals surface area contributed by atoms with Gasteiger partial charge in [0.2, 0.25) is 5.95 Å². The van der Waals surface area contributed by atoms with Crippen LogP contribution in [0.3, 0.4) is 0 Å². The number of H-pyrrole nitrogens is 1. The summed E-state index contributed by atoms with van der Waals surface area (Å²) in [7, 11) is 0. The van der Waals surface area contributed by atoms with Crippen molar-refractivity contribution in [2.24, 2.45) is 0 Å². The number of aromatic amines is 1. The molecule has 98 valence electrons. The summed E-state index contributed by atoms with van der Waals surface area (Å²) in [6.45, 7) is 2.95. The minimum Gasteiger partial charge on any atom is -0.354 e. The topological polar surface area (TPSA) is 79.4 Å². The van der Waals surface area contributed by atoms with Crippen LogP contribution in [-0.4, -0.2) is 31.7 Å². The molecule has 19 heavy (non-hydrogen) atoms. The molecule has 0 radical (unpaired) electrons. The van der Waals surface area contributed by atoms with Crippen LogP contribution in [-0.2, 0) is 0 Å². The maximum atomic E-state index is 4.53. The van der Waals surface area contributed by atoms with E-state index in [2.05, 4.69) is 37.4 Å². The van der Waals surface area contributed by atoms with Crippen molar-refractivity contribution in [2.75, 3.05) is 11.9 Å². The van der Waals surface area contributed by atoms with Gasteiger partial charge >= 0.3 is 0 Å². The minimum absolute atomic E-state index is 0.623. The van der Waals surface area contributed by atoms with Gasteiger partial charge in [-0.2, -0.15) is 10.1 Å². The van der Waals surface area contributed by atoms with Gasteiger partial charge in [-0.3, -0.25) is 5.10 Å². The molecule has 0 spiro atoms. The largest absolute Gasteiger partial charge is 0.354 e. The predicted octanol–water partition coefficient (Wildman–Crippen LogP) is 2.78. The molecule has 0 saturated heterocycles. The highest BCUT2D eigenvalue weighted by Gasteiger charge is 2.11. The first-order valence-corrected chi connectivity index (χ1v) is 7.58. The van der Waals surface area contributed by atoms with Crippen molar-refractivity contribution in [3.05, 3.63) is 17.8 Å². The van der Waals surface area contributed by atoms with Gasteiger partial charge in [0.1, 0.15) is 5.03 Å². The van der Waals surface area contributed by atoms with Crippen molar-refractivity contribution in [2.45, 2.75) is 22.7 Å². The molecule has 0 amide bonds. The van der Waals surface area contributed by atoms with Gasteiger partial charge in [-0.1, -0.05) is 6.92 Å². The summed E-state index contributed by atoms with van der Waals surface area (Å²) >= 11 is 3.13. The number of fused-ring (bicyclic) bond motifs is 1. The van der Waals surface area contributed by atoms with E-state index in [-0.39, 0.29) is 0 Å². The van der Waals surface area contributed by atoms with Crippen LogP contribution < -0.4 is 5.32 Å². The van der Waals surface area contributed by atoms with E-state index < -0.39 is 0 Å². The molecule has 2 N–H and O–H groups in total. The summed E-state index contributed by atoms with van der Waals surface area (Å²) in [4.78, 5) is 13.2. The molecule has 0 atom stereocenters. The third-order valence-corrected chi connectivity index (χ3v) is 4.29. The molecule has 0 aliphatic heterocycles. The monoisotopic (exact) mass is 292 g/mol. The minimum atomic E-state index is 0.623. The Morgan fingerprint density at radius 1 is 1.42 bits per heavy atom. The van der Waals surface area contributed by atoms with E-state index in [1.807, 2.05) is 5.38 Å². The standard InChI is InChI=1S/C11H12N6S2/c1-2-3-12-10-15-8-7(6-14-17-8)9(16-10)19-11-13-4-5-18-11/h4-6H,2-3H2,1H3,(H2,12,14,15,16,17). The first kappa shape index (κ1) is 12.4. The van der Waals surface area contributed by atoms with Crippen LogP contribution in [0.4, 0.5) is 5.95 Å². The Hall–Kier alpha value is -1.67. The Bertz CT molecular complexity index is 663. The van der Waals surface area contributed by atoms with E-state index >= 15 is 0 Å².